The molecule has 3 nitrogen and oxygen atoms in total. The summed E-state index contributed by atoms with van der Waals surface area (Å²) >= 11 is 0. The van der Waals surface area contributed by atoms with Gasteiger partial charge in [0.1, 0.15) is 0 Å². The van der Waals surface area contributed by atoms with Crippen LogP contribution in [0.5, 0.6) is 0 Å². The Bertz CT molecular complexity index is 262. The number of rotatable bonds is 4. The van der Waals surface area contributed by atoms with E-state index in [1.807, 2.05) is 0 Å². The second-order valence-electron chi connectivity index (χ2n) is 6.38. The fraction of sp³-hybridized carbons (Fsp3) is 1.00. The lowest BCUT2D eigenvalue weighted by molar-refractivity contribution is 0.133. The third-order valence-corrected chi connectivity index (χ3v) is 5.40. The van der Waals surface area contributed by atoms with Gasteiger partial charge in [0, 0.05) is 25.2 Å². The molecule has 0 radical (unpaired) electrons. The first-order valence-electron chi connectivity index (χ1n) is 8.07. The van der Waals surface area contributed by atoms with Crippen LogP contribution in [-0.2, 0) is 0 Å². The van der Waals surface area contributed by atoms with Gasteiger partial charge in [0.15, 0.2) is 0 Å². The van der Waals surface area contributed by atoms with Crippen molar-refractivity contribution in [3.05, 3.63) is 0 Å². The van der Waals surface area contributed by atoms with E-state index in [9.17, 15) is 0 Å². The maximum atomic E-state index is 3.49. The minimum absolute atomic E-state index is 0.868. The van der Waals surface area contributed by atoms with Crippen molar-refractivity contribution < 1.29 is 0 Å². The number of hydrogen-bond donors (Lipinski definition) is 1. The first kappa shape index (κ1) is 12.9. The summed E-state index contributed by atoms with van der Waals surface area (Å²) in [4.78, 5) is 5.56. The number of hydrogen-bond acceptors (Lipinski definition) is 3. The van der Waals surface area contributed by atoms with E-state index in [2.05, 4.69) is 22.0 Å². The molecule has 0 saturated carbocycles. The van der Waals surface area contributed by atoms with Crippen LogP contribution in [0.3, 0.4) is 0 Å². The molecule has 2 atom stereocenters. The Morgan fingerprint density at radius 2 is 1.94 bits per heavy atom. The zero-order valence-corrected chi connectivity index (χ0v) is 11.9. The fourth-order valence-corrected chi connectivity index (χ4v) is 4.38. The predicted octanol–water partition coefficient (Wildman–Crippen LogP) is 1.54. The van der Waals surface area contributed by atoms with E-state index in [4.69, 9.17) is 0 Å². The molecule has 1 N–H and O–H groups in total. The molecule has 0 amide bonds. The summed E-state index contributed by atoms with van der Waals surface area (Å²) in [6.07, 6.45) is 7.08. The molecule has 0 aromatic carbocycles. The molecule has 18 heavy (non-hydrogen) atoms. The molecule has 0 aromatic rings. The summed E-state index contributed by atoms with van der Waals surface area (Å²) in [6, 6.07) is 1.76. The number of piperidine rings is 1. The van der Waals surface area contributed by atoms with Crippen LogP contribution in [0.2, 0.25) is 0 Å². The molecule has 3 aliphatic rings. The standard InChI is InChI=1S/C15H29N3/c1-2-17(12-13-5-8-16-9-6-13)15-7-11-18-10-3-4-14(15)18/h13-16H,2-12H2,1H3. The summed E-state index contributed by atoms with van der Waals surface area (Å²) in [6.45, 7) is 10.2. The first-order chi connectivity index (χ1) is 8.88. The highest BCUT2D eigenvalue weighted by molar-refractivity contribution is 4.97. The monoisotopic (exact) mass is 251 g/mol. The van der Waals surface area contributed by atoms with E-state index in [0.29, 0.717) is 0 Å². The van der Waals surface area contributed by atoms with E-state index in [-0.39, 0.29) is 0 Å². The molecule has 0 spiro atoms. The number of nitrogens with one attached hydrogen (secondary N) is 1. The van der Waals surface area contributed by atoms with Crippen molar-refractivity contribution in [3.8, 4) is 0 Å². The van der Waals surface area contributed by atoms with Crippen molar-refractivity contribution in [3.63, 3.8) is 0 Å². The van der Waals surface area contributed by atoms with Crippen LogP contribution in [0.1, 0.15) is 39.0 Å². The average molecular weight is 251 g/mol. The van der Waals surface area contributed by atoms with E-state index in [0.717, 1.165) is 18.0 Å². The normalized spacial score (nSPS) is 34.3. The molecule has 0 aliphatic carbocycles. The van der Waals surface area contributed by atoms with Crippen LogP contribution in [0, 0.1) is 5.92 Å². The molecule has 2 unspecified atom stereocenters. The third-order valence-electron chi connectivity index (χ3n) is 5.40. The van der Waals surface area contributed by atoms with Crippen LogP contribution in [-0.4, -0.2) is 61.2 Å². The zero-order valence-electron chi connectivity index (χ0n) is 11.9. The Morgan fingerprint density at radius 1 is 1.11 bits per heavy atom. The smallest absolute Gasteiger partial charge is 0.0263 e. The van der Waals surface area contributed by atoms with Gasteiger partial charge in [-0.05, 0) is 64.2 Å². The van der Waals surface area contributed by atoms with Gasteiger partial charge in [-0.15, -0.1) is 0 Å². The largest absolute Gasteiger partial charge is 0.317 e. The van der Waals surface area contributed by atoms with Gasteiger partial charge < -0.3 is 5.32 Å². The Morgan fingerprint density at radius 3 is 2.72 bits per heavy atom. The molecule has 104 valence electrons. The molecule has 3 rings (SSSR count). The highest BCUT2D eigenvalue weighted by atomic mass is 15.3. The third kappa shape index (κ3) is 2.59. The second kappa shape index (κ2) is 5.89. The van der Waals surface area contributed by atoms with E-state index >= 15 is 0 Å². The van der Waals surface area contributed by atoms with Gasteiger partial charge in [-0.2, -0.15) is 0 Å². The van der Waals surface area contributed by atoms with Crippen molar-refractivity contribution in [2.75, 3.05) is 39.3 Å². The van der Waals surface area contributed by atoms with E-state index < -0.39 is 0 Å². The van der Waals surface area contributed by atoms with Crippen molar-refractivity contribution in [1.29, 1.82) is 0 Å². The van der Waals surface area contributed by atoms with Crippen LogP contribution >= 0.6 is 0 Å². The quantitative estimate of drug-likeness (QED) is 0.818. The van der Waals surface area contributed by atoms with Crippen LogP contribution in [0.15, 0.2) is 0 Å². The van der Waals surface area contributed by atoms with Crippen LogP contribution < -0.4 is 5.32 Å². The molecule has 0 bridgehead atoms. The van der Waals surface area contributed by atoms with Crippen LogP contribution in [0.4, 0.5) is 0 Å². The molecule has 3 heteroatoms. The van der Waals surface area contributed by atoms with Crippen LogP contribution in [0.25, 0.3) is 0 Å². The zero-order chi connectivity index (χ0) is 12.4. The summed E-state index contributed by atoms with van der Waals surface area (Å²) in [7, 11) is 0. The summed E-state index contributed by atoms with van der Waals surface area (Å²) in [5.41, 5.74) is 0. The number of nitrogens with zero attached hydrogens (tertiary/aromatic N) is 2. The fourth-order valence-electron chi connectivity index (χ4n) is 4.38. The Kier molecular flexibility index (Phi) is 4.22. The minimum atomic E-state index is 0.868. The lowest BCUT2D eigenvalue weighted by atomic mass is 9.95. The van der Waals surface area contributed by atoms with Gasteiger partial charge >= 0.3 is 0 Å². The molecular formula is C15H29N3. The number of likely N-dealkylation sites (N-methyl/N-ethyl adjacent to an activating group) is 1. The molecule has 3 fully saturated rings. The van der Waals surface area contributed by atoms with Gasteiger partial charge in [0.25, 0.3) is 0 Å². The van der Waals surface area contributed by atoms with Gasteiger partial charge in [0.05, 0.1) is 0 Å². The highest BCUT2D eigenvalue weighted by Crippen LogP contribution is 2.32. The van der Waals surface area contributed by atoms with Crippen molar-refractivity contribution in [2.45, 2.75) is 51.1 Å². The summed E-state index contributed by atoms with van der Waals surface area (Å²) in [5.74, 6) is 0.946. The molecule has 3 aliphatic heterocycles. The van der Waals surface area contributed by atoms with Crippen molar-refractivity contribution in [2.24, 2.45) is 5.92 Å². The summed E-state index contributed by atoms with van der Waals surface area (Å²) < 4.78 is 0. The SMILES string of the molecule is CCN(CC1CCNCC1)C1CCN2CCCC12. The molecule has 0 aromatic heterocycles. The van der Waals surface area contributed by atoms with Gasteiger partial charge in [0.2, 0.25) is 0 Å². The van der Waals surface area contributed by atoms with Crippen molar-refractivity contribution in [1.82, 2.24) is 15.1 Å². The lowest BCUT2D eigenvalue weighted by Gasteiger charge is -2.36. The first-order valence-corrected chi connectivity index (χ1v) is 8.07. The van der Waals surface area contributed by atoms with Gasteiger partial charge in [-0.25, -0.2) is 0 Å². The van der Waals surface area contributed by atoms with Crippen molar-refractivity contribution >= 4 is 0 Å². The lowest BCUT2D eigenvalue weighted by Crippen LogP contribution is -2.46. The molecular weight excluding hydrogens is 222 g/mol. The second-order valence-corrected chi connectivity index (χ2v) is 6.38. The molecule has 3 saturated heterocycles. The highest BCUT2D eigenvalue weighted by Gasteiger charge is 2.40. The minimum Gasteiger partial charge on any atom is -0.317 e. The Hall–Kier alpha value is -0.120. The molecule has 3 heterocycles. The van der Waals surface area contributed by atoms with E-state index in [1.165, 1.54) is 71.4 Å². The topological polar surface area (TPSA) is 18.5 Å². The van der Waals surface area contributed by atoms with Gasteiger partial charge in [-0.3, -0.25) is 9.80 Å². The maximum Gasteiger partial charge on any atom is 0.0263 e. The predicted molar refractivity (Wildman–Crippen MR) is 75.8 cm³/mol. The average Bonchev–Trinajstić information content (AvgIpc) is 3.00. The van der Waals surface area contributed by atoms with Gasteiger partial charge in [-0.1, -0.05) is 6.92 Å². The summed E-state index contributed by atoms with van der Waals surface area (Å²) in [5, 5.41) is 3.49. The van der Waals surface area contributed by atoms with E-state index in [1.54, 1.807) is 0 Å². The maximum absolute atomic E-state index is 3.49. The number of fused-ring (bicyclic) bond motifs is 1. The Balaban J connectivity index is 1.57. The Labute approximate surface area is 112 Å².